The summed E-state index contributed by atoms with van der Waals surface area (Å²) in [6.45, 7) is 4.62. The lowest BCUT2D eigenvalue weighted by Gasteiger charge is -2.33. The van der Waals surface area contributed by atoms with Gasteiger partial charge in [0, 0.05) is 18.0 Å². The van der Waals surface area contributed by atoms with Crippen LogP contribution in [-0.4, -0.2) is 57.0 Å². The molecule has 1 aromatic carbocycles. The second kappa shape index (κ2) is 11.7. The summed E-state index contributed by atoms with van der Waals surface area (Å²) in [6, 6.07) is 10.9. The number of benzene rings is 1. The summed E-state index contributed by atoms with van der Waals surface area (Å²) in [5.41, 5.74) is 0. The Morgan fingerprint density at radius 2 is 1.94 bits per heavy atom. The first kappa shape index (κ1) is 25.4. The summed E-state index contributed by atoms with van der Waals surface area (Å²) in [6.07, 6.45) is 1.85. The van der Waals surface area contributed by atoms with Gasteiger partial charge >= 0.3 is 0 Å². The van der Waals surface area contributed by atoms with Gasteiger partial charge in [-0.3, -0.25) is 9.59 Å². The molecule has 0 spiro atoms. The van der Waals surface area contributed by atoms with Crippen molar-refractivity contribution < 1.29 is 22.7 Å². The van der Waals surface area contributed by atoms with Crippen molar-refractivity contribution in [2.75, 3.05) is 19.7 Å². The van der Waals surface area contributed by atoms with Gasteiger partial charge in [0.2, 0.25) is 21.8 Å². The second-order valence-corrected chi connectivity index (χ2v) is 11.1. The van der Waals surface area contributed by atoms with E-state index in [0.717, 1.165) is 17.7 Å². The van der Waals surface area contributed by atoms with Gasteiger partial charge in [-0.25, -0.2) is 13.1 Å². The number of thiophene rings is 1. The summed E-state index contributed by atoms with van der Waals surface area (Å²) in [7, 11) is -3.85. The fourth-order valence-corrected chi connectivity index (χ4v) is 5.48. The highest BCUT2D eigenvalue weighted by Crippen LogP contribution is 2.19. The van der Waals surface area contributed by atoms with Gasteiger partial charge in [0.15, 0.2) is 0 Å². The van der Waals surface area contributed by atoms with E-state index in [9.17, 15) is 18.0 Å². The fraction of sp³-hybridized carbons (Fsp3) is 0.478. The Hall–Kier alpha value is -2.27. The van der Waals surface area contributed by atoms with Crippen molar-refractivity contribution in [3.05, 3.63) is 52.7 Å². The molecule has 2 amide bonds. The van der Waals surface area contributed by atoms with Gasteiger partial charge in [-0.1, -0.05) is 38.1 Å². The zero-order valence-corrected chi connectivity index (χ0v) is 20.5. The van der Waals surface area contributed by atoms with Crippen LogP contribution in [-0.2, 0) is 30.9 Å². The Bertz CT molecular complexity index is 1000. The Labute approximate surface area is 199 Å². The average molecular weight is 494 g/mol. The van der Waals surface area contributed by atoms with E-state index in [1.807, 2.05) is 31.4 Å². The highest BCUT2D eigenvalue weighted by Gasteiger charge is 2.33. The minimum absolute atomic E-state index is 0.0131. The number of carbonyl (C=O) groups is 2. The fourth-order valence-electron chi connectivity index (χ4n) is 3.78. The number of ether oxygens (including phenoxy) is 1. The Morgan fingerprint density at radius 1 is 1.18 bits per heavy atom. The van der Waals surface area contributed by atoms with E-state index in [1.165, 1.54) is 28.4 Å². The van der Waals surface area contributed by atoms with E-state index in [2.05, 4.69) is 10.0 Å². The second-order valence-electron chi connectivity index (χ2n) is 8.31. The molecule has 1 saturated heterocycles. The number of hydrogen-bond donors (Lipinski definition) is 2. The van der Waals surface area contributed by atoms with Gasteiger partial charge in [-0.15, -0.1) is 11.3 Å². The molecule has 0 unspecified atom stereocenters. The number of rotatable bonds is 11. The molecule has 2 N–H and O–H groups in total. The smallest absolute Gasteiger partial charge is 0.243 e. The monoisotopic (exact) mass is 493 g/mol. The molecule has 1 aliphatic heterocycles. The van der Waals surface area contributed by atoms with Gasteiger partial charge in [0.05, 0.1) is 24.1 Å². The number of amides is 2. The summed E-state index contributed by atoms with van der Waals surface area (Å²) in [5, 5.41) is 4.83. The van der Waals surface area contributed by atoms with E-state index >= 15 is 0 Å². The zero-order valence-electron chi connectivity index (χ0n) is 18.9. The van der Waals surface area contributed by atoms with Crippen molar-refractivity contribution in [2.24, 2.45) is 5.92 Å². The molecule has 2 aromatic rings. The normalized spacial score (nSPS) is 17.1. The minimum atomic E-state index is -3.85. The van der Waals surface area contributed by atoms with Gasteiger partial charge in [0.1, 0.15) is 6.04 Å². The van der Waals surface area contributed by atoms with Crippen LogP contribution >= 0.6 is 11.3 Å². The predicted molar refractivity (Wildman–Crippen MR) is 127 cm³/mol. The Morgan fingerprint density at radius 3 is 2.55 bits per heavy atom. The Kier molecular flexibility index (Phi) is 9.02. The van der Waals surface area contributed by atoms with Gasteiger partial charge < -0.3 is 15.0 Å². The van der Waals surface area contributed by atoms with Crippen LogP contribution in [0.3, 0.4) is 0 Å². The first-order valence-electron chi connectivity index (χ1n) is 11.0. The molecule has 0 aliphatic carbocycles. The summed E-state index contributed by atoms with van der Waals surface area (Å²) in [5.74, 6) is -0.908. The van der Waals surface area contributed by atoms with Crippen LogP contribution in [0.5, 0.6) is 0 Å². The van der Waals surface area contributed by atoms with E-state index in [4.69, 9.17) is 4.74 Å². The van der Waals surface area contributed by atoms with Crippen molar-refractivity contribution in [3.63, 3.8) is 0 Å². The summed E-state index contributed by atoms with van der Waals surface area (Å²) < 4.78 is 33.1. The van der Waals surface area contributed by atoms with Gasteiger partial charge in [-0.2, -0.15) is 0 Å². The third-order valence-corrected chi connectivity index (χ3v) is 7.74. The predicted octanol–water partition coefficient (Wildman–Crippen LogP) is 2.38. The molecule has 0 bridgehead atoms. The molecule has 1 aliphatic rings. The maximum Gasteiger partial charge on any atom is 0.243 e. The molecule has 33 heavy (non-hydrogen) atoms. The van der Waals surface area contributed by atoms with Crippen molar-refractivity contribution in [2.45, 2.75) is 50.3 Å². The average Bonchev–Trinajstić information content (AvgIpc) is 3.50. The molecule has 1 fully saturated rings. The first-order valence-corrected chi connectivity index (χ1v) is 13.4. The lowest BCUT2D eigenvalue weighted by atomic mass is 10.0. The molecule has 3 rings (SSSR count). The number of carbonyl (C=O) groups excluding carboxylic acids is 2. The van der Waals surface area contributed by atoms with Crippen LogP contribution < -0.4 is 10.0 Å². The van der Waals surface area contributed by atoms with Crippen molar-refractivity contribution in [1.29, 1.82) is 0 Å². The van der Waals surface area contributed by atoms with Crippen LogP contribution in [0, 0.1) is 5.92 Å². The van der Waals surface area contributed by atoms with Crippen LogP contribution in [0.1, 0.15) is 31.6 Å². The van der Waals surface area contributed by atoms with Crippen molar-refractivity contribution in [1.82, 2.24) is 14.9 Å². The van der Waals surface area contributed by atoms with Gasteiger partial charge in [0.25, 0.3) is 0 Å². The summed E-state index contributed by atoms with van der Waals surface area (Å²) in [4.78, 5) is 28.9. The molecule has 180 valence electrons. The van der Waals surface area contributed by atoms with Crippen LogP contribution in [0.25, 0.3) is 0 Å². The van der Waals surface area contributed by atoms with Crippen LogP contribution in [0.15, 0.2) is 52.7 Å². The lowest BCUT2D eigenvalue weighted by Crippen LogP contribution is -2.54. The van der Waals surface area contributed by atoms with E-state index in [-0.39, 0.29) is 29.4 Å². The highest BCUT2D eigenvalue weighted by atomic mass is 32.2. The number of nitrogens with zero attached hydrogens (tertiary/aromatic N) is 1. The standard InChI is InChI=1S/C23H31N3O5S2/c1-17(2)22(23(28)24-14-18-8-6-12-31-18)26(16-19-9-7-13-32-19)21(27)15-25-33(29,30)20-10-4-3-5-11-20/h3-5,7,9-11,13,17-18,22,25H,6,8,12,14-16H2,1-2H3,(H,24,28)/t18-,22-/m0/s1. The number of hydrogen-bond acceptors (Lipinski definition) is 6. The third kappa shape index (κ3) is 7.10. The summed E-state index contributed by atoms with van der Waals surface area (Å²) >= 11 is 1.48. The maximum atomic E-state index is 13.3. The molecular formula is C23H31N3O5S2. The Balaban J connectivity index is 1.74. The molecule has 10 heteroatoms. The lowest BCUT2D eigenvalue weighted by molar-refractivity contribution is -0.142. The van der Waals surface area contributed by atoms with Crippen LogP contribution in [0.4, 0.5) is 0 Å². The maximum absolute atomic E-state index is 13.3. The zero-order chi connectivity index (χ0) is 23.8. The molecule has 2 atom stereocenters. The van der Waals surface area contributed by atoms with E-state index in [0.29, 0.717) is 13.2 Å². The molecular weight excluding hydrogens is 462 g/mol. The first-order chi connectivity index (χ1) is 15.8. The van der Waals surface area contributed by atoms with E-state index in [1.54, 1.807) is 18.2 Å². The molecule has 8 nitrogen and oxygen atoms in total. The minimum Gasteiger partial charge on any atom is -0.376 e. The SMILES string of the molecule is CC(C)[C@@H](C(=O)NC[C@@H]1CCCO1)N(Cc1cccs1)C(=O)CNS(=O)(=O)c1ccccc1. The van der Waals surface area contributed by atoms with Crippen LogP contribution in [0.2, 0.25) is 0 Å². The highest BCUT2D eigenvalue weighted by molar-refractivity contribution is 7.89. The number of nitrogens with one attached hydrogen (secondary N) is 2. The van der Waals surface area contributed by atoms with Crippen molar-refractivity contribution >= 4 is 33.2 Å². The van der Waals surface area contributed by atoms with Crippen molar-refractivity contribution in [3.8, 4) is 0 Å². The molecule has 1 aromatic heterocycles. The molecule has 0 saturated carbocycles. The number of sulfonamides is 1. The van der Waals surface area contributed by atoms with E-state index < -0.39 is 28.5 Å². The largest absolute Gasteiger partial charge is 0.376 e. The van der Waals surface area contributed by atoms with Gasteiger partial charge in [-0.05, 0) is 42.3 Å². The molecule has 0 radical (unpaired) electrons. The quantitative estimate of drug-likeness (QED) is 0.500. The third-order valence-electron chi connectivity index (χ3n) is 5.46. The molecule has 2 heterocycles. The topological polar surface area (TPSA) is 105 Å².